The number of nitrogens with zero attached hydrogens (tertiary/aromatic N) is 2. The second-order valence-electron chi connectivity index (χ2n) is 6.41. The maximum absolute atomic E-state index is 6.46. The summed E-state index contributed by atoms with van der Waals surface area (Å²) in [6.07, 6.45) is 4.96. The van der Waals surface area contributed by atoms with E-state index in [4.69, 9.17) is 28.3 Å². The van der Waals surface area contributed by atoms with Crippen LogP contribution in [-0.4, -0.2) is 5.71 Å². The van der Waals surface area contributed by atoms with Crippen LogP contribution in [0.15, 0.2) is 90.0 Å². The van der Waals surface area contributed by atoms with Crippen LogP contribution in [0.2, 0.25) is 10.0 Å². The van der Waals surface area contributed by atoms with Crippen LogP contribution in [0.4, 0.5) is 5.69 Å². The van der Waals surface area contributed by atoms with E-state index in [0.717, 1.165) is 23.4 Å². The Morgan fingerprint density at radius 3 is 2.30 bits per heavy atom. The van der Waals surface area contributed by atoms with E-state index in [1.807, 2.05) is 53.5 Å². The Morgan fingerprint density at radius 2 is 1.56 bits per heavy atom. The highest BCUT2D eigenvalue weighted by molar-refractivity contribution is 6.35. The van der Waals surface area contributed by atoms with Crippen molar-refractivity contribution in [3.8, 4) is 0 Å². The first kappa shape index (κ1) is 17.8. The number of hydrogen-bond acceptors (Lipinski definition) is 2. The maximum atomic E-state index is 6.46. The van der Waals surface area contributed by atoms with Gasteiger partial charge in [0.2, 0.25) is 0 Å². The van der Waals surface area contributed by atoms with Crippen molar-refractivity contribution in [2.45, 2.75) is 12.5 Å². The monoisotopic (exact) mass is 392 g/mol. The second kappa shape index (κ2) is 7.99. The first-order valence-electron chi connectivity index (χ1n) is 8.80. The molecule has 1 atom stereocenters. The van der Waals surface area contributed by atoms with Crippen LogP contribution in [0.25, 0.3) is 6.08 Å². The molecule has 0 spiro atoms. The van der Waals surface area contributed by atoms with Gasteiger partial charge in [-0.2, -0.15) is 5.10 Å². The van der Waals surface area contributed by atoms with Crippen molar-refractivity contribution >= 4 is 40.7 Å². The summed E-state index contributed by atoms with van der Waals surface area (Å²) in [5.41, 5.74) is 4.17. The van der Waals surface area contributed by atoms with E-state index >= 15 is 0 Å². The first-order chi connectivity index (χ1) is 13.2. The fourth-order valence-electron chi connectivity index (χ4n) is 3.21. The van der Waals surface area contributed by atoms with Crippen molar-refractivity contribution in [2.75, 3.05) is 5.01 Å². The molecule has 0 N–H and O–H groups in total. The second-order valence-corrected chi connectivity index (χ2v) is 7.25. The van der Waals surface area contributed by atoms with Gasteiger partial charge in [0.05, 0.1) is 22.5 Å². The van der Waals surface area contributed by atoms with Crippen LogP contribution >= 0.6 is 23.2 Å². The normalized spacial score (nSPS) is 16.7. The Kier molecular flexibility index (Phi) is 5.28. The molecule has 0 unspecified atom stereocenters. The summed E-state index contributed by atoms with van der Waals surface area (Å²) in [7, 11) is 0. The molecule has 0 fully saturated rings. The summed E-state index contributed by atoms with van der Waals surface area (Å²) >= 11 is 12.7. The molecule has 27 heavy (non-hydrogen) atoms. The molecule has 134 valence electrons. The fraction of sp³-hybridized carbons (Fsp3) is 0.0870. The van der Waals surface area contributed by atoms with E-state index in [1.54, 1.807) is 6.07 Å². The lowest BCUT2D eigenvalue weighted by molar-refractivity contribution is 0.709. The van der Waals surface area contributed by atoms with Crippen LogP contribution in [-0.2, 0) is 0 Å². The van der Waals surface area contributed by atoms with Crippen molar-refractivity contribution in [1.82, 2.24) is 0 Å². The lowest BCUT2D eigenvalue weighted by Crippen LogP contribution is -2.18. The zero-order chi connectivity index (χ0) is 18.6. The van der Waals surface area contributed by atoms with Gasteiger partial charge in [-0.15, -0.1) is 0 Å². The molecule has 3 aromatic carbocycles. The van der Waals surface area contributed by atoms with Crippen molar-refractivity contribution < 1.29 is 0 Å². The Hall–Kier alpha value is -2.55. The Bertz CT molecular complexity index is 982. The molecule has 0 aliphatic carbocycles. The quantitative estimate of drug-likeness (QED) is 0.465. The maximum Gasteiger partial charge on any atom is 0.0832 e. The summed E-state index contributed by atoms with van der Waals surface area (Å²) in [4.78, 5) is 0. The molecule has 0 radical (unpaired) electrons. The van der Waals surface area contributed by atoms with Crippen LogP contribution in [0.3, 0.4) is 0 Å². The van der Waals surface area contributed by atoms with Gasteiger partial charge < -0.3 is 0 Å². The van der Waals surface area contributed by atoms with Crippen molar-refractivity contribution in [3.05, 3.63) is 106 Å². The van der Waals surface area contributed by atoms with E-state index in [1.165, 1.54) is 5.56 Å². The summed E-state index contributed by atoms with van der Waals surface area (Å²) in [5.74, 6) is 0. The summed E-state index contributed by atoms with van der Waals surface area (Å²) in [6, 6.07) is 26.1. The number of benzene rings is 3. The molecule has 4 heteroatoms. The Balaban J connectivity index is 1.70. The standard InChI is InChI=1S/C23H18Cl2N2/c24-19-12-14-21(25)23(15-19)27-22(18-9-5-2-6-10-18)16-20(26-27)13-11-17-7-3-1-4-8-17/h1-15,22H,16H2/b13-11-/t22-/m1/s1. The predicted octanol–water partition coefficient (Wildman–Crippen LogP) is 7.01. The molecule has 0 aromatic heterocycles. The van der Waals surface area contributed by atoms with Gasteiger partial charge in [-0.05, 0) is 35.4 Å². The molecule has 0 saturated heterocycles. The van der Waals surface area contributed by atoms with Crippen molar-refractivity contribution in [3.63, 3.8) is 0 Å². The number of rotatable bonds is 4. The third-order valence-electron chi connectivity index (χ3n) is 4.54. The van der Waals surface area contributed by atoms with Gasteiger partial charge >= 0.3 is 0 Å². The van der Waals surface area contributed by atoms with Gasteiger partial charge in [0.1, 0.15) is 0 Å². The van der Waals surface area contributed by atoms with Gasteiger partial charge in [0.15, 0.2) is 0 Å². The van der Waals surface area contributed by atoms with E-state index in [-0.39, 0.29) is 6.04 Å². The minimum atomic E-state index is 0.0811. The van der Waals surface area contributed by atoms with Gasteiger partial charge in [-0.3, -0.25) is 5.01 Å². The zero-order valence-corrected chi connectivity index (χ0v) is 16.1. The van der Waals surface area contributed by atoms with Gasteiger partial charge in [0.25, 0.3) is 0 Å². The van der Waals surface area contributed by atoms with Gasteiger partial charge in [-0.1, -0.05) is 89.9 Å². The highest BCUT2D eigenvalue weighted by atomic mass is 35.5. The number of halogens is 2. The minimum absolute atomic E-state index is 0.0811. The molecule has 1 heterocycles. The topological polar surface area (TPSA) is 15.6 Å². The van der Waals surface area contributed by atoms with Gasteiger partial charge in [0, 0.05) is 11.4 Å². The molecule has 0 amide bonds. The number of hydrogen-bond donors (Lipinski definition) is 0. The zero-order valence-electron chi connectivity index (χ0n) is 14.6. The lowest BCUT2D eigenvalue weighted by atomic mass is 10.0. The number of allylic oxidation sites excluding steroid dienone is 1. The predicted molar refractivity (Wildman–Crippen MR) is 116 cm³/mol. The van der Waals surface area contributed by atoms with E-state index < -0.39 is 0 Å². The molecule has 3 aromatic rings. The van der Waals surface area contributed by atoms with Crippen molar-refractivity contribution in [2.24, 2.45) is 5.10 Å². The van der Waals surface area contributed by atoms with Crippen molar-refractivity contribution in [1.29, 1.82) is 0 Å². The van der Waals surface area contributed by atoms with E-state index in [2.05, 4.69) is 36.4 Å². The molecular weight excluding hydrogens is 375 g/mol. The summed E-state index contributed by atoms with van der Waals surface area (Å²) in [6.45, 7) is 0. The smallest absolute Gasteiger partial charge is 0.0832 e. The SMILES string of the molecule is Clc1ccc(Cl)c(N2N=C(/C=C\c3ccccc3)C[C@@H]2c2ccccc2)c1. The third-order valence-corrected chi connectivity index (χ3v) is 5.10. The average molecular weight is 393 g/mol. The molecule has 1 aliphatic heterocycles. The van der Waals surface area contributed by atoms with Crippen LogP contribution in [0.1, 0.15) is 23.6 Å². The molecule has 4 rings (SSSR count). The van der Waals surface area contributed by atoms with Gasteiger partial charge in [-0.25, -0.2) is 0 Å². The number of anilines is 1. The Morgan fingerprint density at radius 1 is 0.852 bits per heavy atom. The number of hydrazone groups is 1. The summed E-state index contributed by atoms with van der Waals surface area (Å²) in [5, 5.41) is 8.11. The minimum Gasteiger partial charge on any atom is -0.256 e. The molecule has 2 nitrogen and oxygen atoms in total. The Labute approximate surface area is 169 Å². The van der Waals surface area contributed by atoms with E-state index in [0.29, 0.717) is 10.0 Å². The molecule has 1 aliphatic rings. The fourth-order valence-corrected chi connectivity index (χ4v) is 3.58. The highest BCUT2D eigenvalue weighted by Crippen LogP contribution is 2.40. The van der Waals surface area contributed by atoms with Crippen LogP contribution in [0, 0.1) is 0 Å². The molecular formula is C23H18Cl2N2. The molecule has 0 saturated carbocycles. The third kappa shape index (κ3) is 4.08. The largest absolute Gasteiger partial charge is 0.256 e. The lowest BCUT2D eigenvalue weighted by Gasteiger charge is -2.25. The van der Waals surface area contributed by atoms with Crippen LogP contribution in [0.5, 0.6) is 0 Å². The molecule has 0 bridgehead atoms. The highest BCUT2D eigenvalue weighted by Gasteiger charge is 2.29. The average Bonchev–Trinajstić information content (AvgIpc) is 3.14. The first-order valence-corrected chi connectivity index (χ1v) is 9.56. The van der Waals surface area contributed by atoms with Crippen LogP contribution < -0.4 is 5.01 Å². The summed E-state index contributed by atoms with van der Waals surface area (Å²) < 4.78 is 0. The van der Waals surface area contributed by atoms with E-state index in [9.17, 15) is 0 Å².